The molecule has 0 spiro atoms. The van der Waals surface area contributed by atoms with Crippen molar-refractivity contribution >= 4 is 6.21 Å². The van der Waals surface area contributed by atoms with Crippen molar-refractivity contribution in [2.75, 3.05) is 6.61 Å². The SMILES string of the molecule is CC(C)OCC1=CN(C(C)C)N=CCC1C. The Kier molecular flexibility index (Phi) is 5.00. The molecular formula is C13H24N2O. The van der Waals surface area contributed by atoms with E-state index in [1.165, 1.54) is 5.57 Å². The Morgan fingerprint density at radius 1 is 1.44 bits per heavy atom. The molecule has 0 amide bonds. The van der Waals surface area contributed by atoms with Crippen LogP contribution in [0.5, 0.6) is 0 Å². The smallest absolute Gasteiger partial charge is 0.0700 e. The maximum atomic E-state index is 5.68. The lowest BCUT2D eigenvalue weighted by molar-refractivity contribution is 0.0920. The lowest BCUT2D eigenvalue weighted by Gasteiger charge is -2.20. The Labute approximate surface area is 99.2 Å². The van der Waals surface area contributed by atoms with Crippen molar-refractivity contribution in [3.05, 3.63) is 11.8 Å². The molecule has 1 aliphatic rings. The van der Waals surface area contributed by atoms with Crippen molar-refractivity contribution < 1.29 is 4.74 Å². The summed E-state index contributed by atoms with van der Waals surface area (Å²) in [5.74, 6) is 0.520. The number of ether oxygens (including phenoxy) is 1. The van der Waals surface area contributed by atoms with E-state index >= 15 is 0 Å². The zero-order chi connectivity index (χ0) is 12.1. The fraction of sp³-hybridized carbons (Fsp3) is 0.769. The molecule has 0 saturated carbocycles. The second-order valence-corrected chi connectivity index (χ2v) is 4.97. The molecule has 1 aliphatic heterocycles. The highest BCUT2D eigenvalue weighted by atomic mass is 16.5. The molecule has 0 N–H and O–H groups in total. The summed E-state index contributed by atoms with van der Waals surface area (Å²) >= 11 is 0. The predicted octanol–water partition coefficient (Wildman–Crippen LogP) is 3.03. The lowest BCUT2D eigenvalue weighted by Crippen LogP contribution is -2.20. The Morgan fingerprint density at radius 2 is 2.12 bits per heavy atom. The van der Waals surface area contributed by atoms with Gasteiger partial charge in [-0.2, -0.15) is 5.10 Å². The van der Waals surface area contributed by atoms with Gasteiger partial charge in [0, 0.05) is 18.5 Å². The molecule has 3 heteroatoms. The first-order chi connectivity index (χ1) is 7.50. The minimum atomic E-state index is 0.282. The van der Waals surface area contributed by atoms with Crippen molar-refractivity contribution in [3.63, 3.8) is 0 Å². The van der Waals surface area contributed by atoms with Gasteiger partial charge in [-0.3, -0.25) is 5.01 Å². The third-order valence-corrected chi connectivity index (χ3v) is 2.72. The summed E-state index contributed by atoms with van der Waals surface area (Å²) in [6.07, 6.45) is 5.42. The summed E-state index contributed by atoms with van der Waals surface area (Å²) < 4.78 is 5.68. The van der Waals surface area contributed by atoms with Crippen molar-refractivity contribution in [2.24, 2.45) is 11.0 Å². The molecule has 16 heavy (non-hydrogen) atoms. The molecule has 0 fully saturated rings. The van der Waals surface area contributed by atoms with Gasteiger partial charge in [-0.1, -0.05) is 6.92 Å². The van der Waals surface area contributed by atoms with Crippen molar-refractivity contribution in [3.8, 4) is 0 Å². The topological polar surface area (TPSA) is 24.8 Å². The molecule has 92 valence electrons. The number of rotatable bonds is 4. The van der Waals surface area contributed by atoms with Gasteiger partial charge in [0.15, 0.2) is 0 Å². The molecular weight excluding hydrogens is 200 g/mol. The minimum Gasteiger partial charge on any atom is -0.374 e. The summed E-state index contributed by atoms with van der Waals surface area (Å²) in [5.41, 5.74) is 1.33. The van der Waals surface area contributed by atoms with Gasteiger partial charge in [0.2, 0.25) is 0 Å². The van der Waals surface area contributed by atoms with Gasteiger partial charge in [-0.25, -0.2) is 0 Å². The number of nitrogens with zero attached hydrogens (tertiary/aromatic N) is 2. The van der Waals surface area contributed by atoms with Crippen LogP contribution in [0.4, 0.5) is 0 Å². The second kappa shape index (κ2) is 6.04. The third-order valence-electron chi connectivity index (χ3n) is 2.72. The average molecular weight is 224 g/mol. The van der Waals surface area contributed by atoms with Crippen LogP contribution in [0.25, 0.3) is 0 Å². The van der Waals surface area contributed by atoms with E-state index in [0.29, 0.717) is 18.6 Å². The molecule has 0 aliphatic carbocycles. The Morgan fingerprint density at radius 3 is 2.69 bits per heavy atom. The van der Waals surface area contributed by atoms with Gasteiger partial charge in [0.1, 0.15) is 0 Å². The van der Waals surface area contributed by atoms with Crippen LogP contribution in [0.2, 0.25) is 0 Å². The van der Waals surface area contributed by atoms with Crippen LogP contribution in [-0.4, -0.2) is 30.0 Å². The molecule has 0 radical (unpaired) electrons. The Hall–Kier alpha value is -0.830. The largest absolute Gasteiger partial charge is 0.374 e. The van der Waals surface area contributed by atoms with E-state index in [1.807, 2.05) is 11.2 Å². The fourth-order valence-electron chi connectivity index (χ4n) is 1.51. The van der Waals surface area contributed by atoms with Crippen molar-refractivity contribution in [2.45, 2.75) is 53.2 Å². The van der Waals surface area contributed by atoms with Gasteiger partial charge in [0.25, 0.3) is 0 Å². The van der Waals surface area contributed by atoms with E-state index < -0.39 is 0 Å². The highest BCUT2D eigenvalue weighted by molar-refractivity contribution is 5.58. The van der Waals surface area contributed by atoms with Gasteiger partial charge in [-0.15, -0.1) is 0 Å². The molecule has 1 unspecified atom stereocenters. The molecule has 0 aromatic heterocycles. The first kappa shape index (κ1) is 13.2. The van der Waals surface area contributed by atoms with Crippen LogP contribution in [-0.2, 0) is 4.74 Å². The van der Waals surface area contributed by atoms with Crippen molar-refractivity contribution in [1.29, 1.82) is 0 Å². The predicted molar refractivity (Wildman–Crippen MR) is 68.4 cm³/mol. The summed E-state index contributed by atoms with van der Waals surface area (Å²) in [6.45, 7) is 11.4. The first-order valence-corrected chi connectivity index (χ1v) is 6.13. The highest BCUT2D eigenvalue weighted by Crippen LogP contribution is 2.19. The third kappa shape index (κ3) is 3.97. The summed E-state index contributed by atoms with van der Waals surface area (Å²) in [4.78, 5) is 0. The lowest BCUT2D eigenvalue weighted by atomic mass is 10.00. The van der Waals surface area contributed by atoms with Crippen LogP contribution in [0.1, 0.15) is 41.0 Å². The zero-order valence-electron chi connectivity index (χ0n) is 11.1. The highest BCUT2D eigenvalue weighted by Gasteiger charge is 2.15. The Balaban J connectivity index is 2.70. The summed E-state index contributed by atoms with van der Waals surface area (Å²) in [6, 6.07) is 0.399. The first-order valence-electron chi connectivity index (χ1n) is 6.13. The summed E-state index contributed by atoms with van der Waals surface area (Å²) in [5, 5.41) is 6.44. The Bertz CT molecular complexity index is 269. The molecule has 0 bridgehead atoms. The van der Waals surface area contributed by atoms with E-state index in [4.69, 9.17) is 4.74 Å². The van der Waals surface area contributed by atoms with E-state index in [9.17, 15) is 0 Å². The van der Waals surface area contributed by atoms with Gasteiger partial charge < -0.3 is 4.74 Å². The maximum absolute atomic E-state index is 5.68. The minimum absolute atomic E-state index is 0.282. The van der Waals surface area contributed by atoms with Gasteiger partial charge in [0.05, 0.1) is 12.7 Å². The monoisotopic (exact) mass is 224 g/mol. The van der Waals surface area contributed by atoms with Crippen LogP contribution in [0.15, 0.2) is 16.9 Å². The quantitative estimate of drug-likeness (QED) is 0.733. The molecule has 0 aromatic rings. The number of hydrogen-bond acceptors (Lipinski definition) is 3. The van der Waals surface area contributed by atoms with Crippen LogP contribution in [0, 0.1) is 5.92 Å². The van der Waals surface area contributed by atoms with Crippen molar-refractivity contribution in [1.82, 2.24) is 5.01 Å². The number of hydrogen-bond donors (Lipinski definition) is 0. The zero-order valence-corrected chi connectivity index (χ0v) is 11.1. The average Bonchev–Trinajstić information content (AvgIpc) is 2.37. The molecule has 1 heterocycles. The normalized spacial score (nSPS) is 21.6. The molecule has 1 atom stereocenters. The van der Waals surface area contributed by atoms with Crippen LogP contribution < -0.4 is 0 Å². The number of hydrazone groups is 1. The maximum Gasteiger partial charge on any atom is 0.0700 e. The van der Waals surface area contributed by atoms with Gasteiger partial charge >= 0.3 is 0 Å². The van der Waals surface area contributed by atoms with E-state index in [-0.39, 0.29) is 6.10 Å². The molecule has 1 rings (SSSR count). The standard InChI is InChI=1S/C13H24N2O/c1-10(2)15-8-13(9-16-11(3)4)12(5)6-7-14-15/h7-8,10-12H,6,9H2,1-5H3. The molecule has 3 nitrogen and oxygen atoms in total. The molecule has 0 saturated heterocycles. The van der Waals surface area contributed by atoms with E-state index in [1.54, 1.807) is 0 Å². The van der Waals surface area contributed by atoms with E-state index in [0.717, 1.165) is 6.42 Å². The summed E-state index contributed by atoms with van der Waals surface area (Å²) in [7, 11) is 0. The second-order valence-electron chi connectivity index (χ2n) is 4.97. The van der Waals surface area contributed by atoms with Gasteiger partial charge in [-0.05, 0) is 45.6 Å². The van der Waals surface area contributed by atoms with E-state index in [2.05, 4.69) is 45.9 Å². The van der Waals surface area contributed by atoms with Crippen LogP contribution >= 0.6 is 0 Å². The molecule has 0 aromatic carbocycles. The van der Waals surface area contributed by atoms with Crippen LogP contribution in [0.3, 0.4) is 0 Å². The fourth-order valence-corrected chi connectivity index (χ4v) is 1.51.